The third kappa shape index (κ3) is 3.40. The fourth-order valence-corrected chi connectivity index (χ4v) is 1.22. The molecule has 0 aromatic carbocycles. The molecule has 92 valence electrons. The van der Waals surface area contributed by atoms with Gasteiger partial charge in [0.15, 0.2) is 11.5 Å². The average molecular weight is 238 g/mol. The van der Waals surface area contributed by atoms with Crippen molar-refractivity contribution in [3.63, 3.8) is 0 Å². The van der Waals surface area contributed by atoms with Crippen LogP contribution in [0, 0.1) is 0 Å². The Kier molecular flexibility index (Phi) is 4.38. The van der Waals surface area contributed by atoms with E-state index in [1.165, 1.54) is 12.1 Å². The summed E-state index contributed by atoms with van der Waals surface area (Å²) in [4.78, 5) is 23.5. The van der Waals surface area contributed by atoms with Crippen LogP contribution < -0.4 is 10.2 Å². The number of carbonyl (C=O) groups excluding carboxylic acids is 1. The molecule has 0 saturated heterocycles. The molecule has 2 N–H and O–H groups in total. The molecule has 7 nitrogen and oxygen atoms in total. The smallest absolute Gasteiger partial charge is 0.356 e. The van der Waals surface area contributed by atoms with Crippen LogP contribution in [0.4, 0.5) is 5.82 Å². The fourth-order valence-electron chi connectivity index (χ4n) is 1.22. The fraction of sp³-hybridized carbons (Fsp3) is 0.400. The van der Waals surface area contributed by atoms with Gasteiger partial charge in [0.1, 0.15) is 0 Å². The zero-order valence-electron chi connectivity index (χ0n) is 9.67. The van der Waals surface area contributed by atoms with Crippen LogP contribution in [-0.4, -0.2) is 47.3 Å². The van der Waals surface area contributed by atoms with E-state index >= 15 is 0 Å². The van der Waals surface area contributed by atoms with Gasteiger partial charge < -0.3 is 15.3 Å². The summed E-state index contributed by atoms with van der Waals surface area (Å²) in [6, 6.07) is 2.89. The molecule has 0 bridgehead atoms. The molecule has 0 aliphatic carbocycles. The first kappa shape index (κ1) is 12.9. The van der Waals surface area contributed by atoms with Crippen LogP contribution in [0.1, 0.15) is 17.4 Å². The van der Waals surface area contributed by atoms with Gasteiger partial charge in [-0.2, -0.15) is 0 Å². The van der Waals surface area contributed by atoms with E-state index in [0.29, 0.717) is 12.4 Å². The molecule has 17 heavy (non-hydrogen) atoms. The van der Waals surface area contributed by atoms with Crippen LogP contribution in [0.15, 0.2) is 12.1 Å². The summed E-state index contributed by atoms with van der Waals surface area (Å²) in [5.41, 5.74) is -0.121. The number of anilines is 1. The van der Waals surface area contributed by atoms with Crippen LogP contribution in [-0.2, 0) is 4.79 Å². The molecule has 1 amide bonds. The van der Waals surface area contributed by atoms with E-state index in [1.807, 2.05) is 6.92 Å². The number of nitrogens with one attached hydrogen (secondary N) is 1. The molecule has 1 aromatic heterocycles. The number of rotatable bonds is 5. The number of carbonyl (C=O) groups is 2. The highest BCUT2D eigenvalue weighted by Gasteiger charge is 2.12. The predicted octanol–water partition coefficient (Wildman–Crippen LogP) is -0.253. The molecule has 0 aliphatic heterocycles. The van der Waals surface area contributed by atoms with Crippen molar-refractivity contribution in [2.24, 2.45) is 0 Å². The molecule has 0 radical (unpaired) electrons. The summed E-state index contributed by atoms with van der Waals surface area (Å²) in [5, 5.41) is 18.5. The zero-order valence-corrected chi connectivity index (χ0v) is 9.67. The number of aromatic carboxylic acids is 1. The maximum Gasteiger partial charge on any atom is 0.356 e. The quantitative estimate of drug-likeness (QED) is 0.734. The second-order valence-corrected chi connectivity index (χ2v) is 3.27. The second-order valence-electron chi connectivity index (χ2n) is 3.27. The Morgan fingerprint density at radius 3 is 2.53 bits per heavy atom. The predicted molar refractivity (Wildman–Crippen MR) is 60.9 cm³/mol. The number of aromatic nitrogens is 2. The maximum atomic E-state index is 11.2. The van der Waals surface area contributed by atoms with E-state index in [9.17, 15) is 9.59 Å². The highest BCUT2D eigenvalue weighted by Crippen LogP contribution is 2.08. The monoisotopic (exact) mass is 238 g/mol. The lowest BCUT2D eigenvalue weighted by Crippen LogP contribution is -2.36. The molecule has 0 aliphatic rings. The highest BCUT2D eigenvalue weighted by atomic mass is 16.4. The minimum absolute atomic E-state index is 0.121. The van der Waals surface area contributed by atoms with Gasteiger partial charge in [0.2, 0.25) is 5.91 Å². The Balaban J connectivity index is 2.82. The third-order valence-electron chi connectivity index (χ3n) is 2.19. The van der Waals surface area contributed by atoms with Crippen LogP contribution in [0.25, 0.3) is 0 Å². The van der Waals surface area contributed by atoms with Crippen LogP contribution in [0.2, 0.25) is 0 Å². The van der Waals surface area contributed by atoms with Crippen molar-refractivity contribution in [1.29, 1.82) is 0 Å². The number of carboxylic acids is 1. The number of amides is 1. The highest BCUT2D eigenvalue weighted by molar-refractivity contribution is 5.85. The lowest BCUT2D eigenvalue weighted by Gasteiger charge is -2.19. The van der Waals surface area contributed by atoms with Crippen molar-refractivity contribution < 1.29 is 14.7 Å². The first-order valence-corrected chi connectivity index (χ1v) is 5.11. The van der Waals surface area contributed by atoms with Crippen molar-refractivity contribution in [2.45, 2.75) is 6.92 Å². The van der Waals surface area contributed by atoms with Gasteiger partial charge >= 0.3 is 5.97 Å². The van der Waals surface area contributed by atoms with Crippen molar-refractivity contribution >= 4 is 17.7 Å². The van der Waals surface area contributed by atoms with Gasteiger partial charge in [-0.15, -0.1) is 10.2 Å². The molecule has 1 rings (SSSR count). The number of nitrogens with zero attached hydrogens (tertiary/aromatic N) is 3. The van der Waals surface area contributed by atoms with Gasteiger partial charge in [-0.1, -0.05) is 0 Å². The van der Waals surface area contributed by atoms with E-state index in [0.717, 1.165) is 0 Å². The minimum Gasteiger partial charge on any atom is -0.476 e. The normalized spacial score (nSPS) is 9.76. The molecule has 1 aromatic rings. The molecule has 7 heteroatoms. The van der Waals surface area contributed by atoms with E-state index in [-0.39, 0.29) is 18.1 Å². The van der Waals surface area contributed by atoms with Gasteiger partial charge in [0, 0.05) is 13.6 Å². The first-order valence-electron chi connectivity index (χ1n) is 5.11. The Labute approximate surface area is 98.5 Å². The molecule has 0 saturated carbocycles. The molecular weight excluding hydrogens is 224 g/mol. The average Bonchev–Trinajstić information content (AvgIpc) is 2.35. The molecule has 1 heterocycles. The van der Waals surface area contributed by atoms with E-state index in [2.05, 4.69) is 15.5 Å². The van der Waals surface area contributed by atoms with Crippen molar-refractivity contribution in [3.05, 3.63) is 17.8 Å². The summed E-state index contributed by atoms with van der Waals surface area (Å²) in [6.45, 7) is 2.61. The Bertz CT molecular complexity index is 405. The van der Waals surface area contributed by atoms with E-state index in [4.69, 9.17) is 5.11 Å². The maximum absolute atomic E-state index is 11.2. The summed E-state index contributed by atoms with van der Waals surface area (Å²) in [6.07, 6.45) is 0. The Hall–Kier alpha value is -2.18. The minimum atomic E-state index is -1.13. The summed E-state index contributed by atoms with van der Waals surface area (Å²) in [5.74, 6) is -0.796. The molecule has 0 unspecified atom stereocenters. The van der Waals surface area contributed by atoms with E-state index < -0.39 is 5.97 Å². The standard InChI is InChI=1S/C10H14N4O3/c1-3-14(6-9(15)11-2)8-5-4-7(10(16)17)12-13-8/h4-5H,3,6H2,1-2H3,(H,11,15)(H,16,17). The summed E-state index contributed by atoms with van der Waals surface area (Å²) >= 11 is 0. The largest absolute Gasteiger partial charge is 0.476 e. The second kappa shape index (κ2) is 5.78. The molecule has 0 atom stereocenters. The third-order valence-corrected chi connectivity index (χ3v) is 2.19. The van der Waals surface area contributed by atoms with Crippen molar-refractivity contribution in [2.75, 3.05) is 25.0 Å². The molecule has 0 spiro atoms. The van der Waals surface area contributed by atoms with Crippen LogP contribution in [0.3, 0.4) is 0 Å². The SMILES string of the molecule is CCN(CC(=O)NC)c1ccc(C(=O)O)nn1. The van der Waals surface area contributed by atoms with Gasteiger partial charge in [0.25, 0.3) is 0 Å². The lowest BCUT2D eigenvalue weighted by molar-refractivity contribution is -0.119. The summed E-state index contributed by atoms with van der Waals surface area (Å²) in [7, 11) is 1.55. The number of carboxylic acid groups (broad SMARTS) is 1. The number of hydrogen-bond acceptors (Lipinski definition) is 5. The molecule has 0 fully saturated rings. The lowest BCUT2D eigenvalue weighted by atomic mass is 10.3. The van der Waals surface area contributed by atoms with Crippen LogP contribution >= 0.6 is 0 Å². The Morgan fingerprint density at radius 2 is 2.12 bits per heavy atom. The van der Waals surface area contributed by atoms with Gasteiger partial charge in [-0.05, 0) is 19.1 Å². The van der Waals surface area contributed by atoms with Crippen molar-refractivity contribution in [1.82, 2.24) is 15.5 Å². The Morgan fingerprint density at radius 1 is 1.41 bits per heavy atom. The van der Waals surface area contributed by atoms with Gasteiger partial charge in [0.05, 0.1) is 6.54 Å². The number of hydrogen-bond donors (Lipinski definition) is 2. The topological polar surface area (TPSA) is 95.4 Å². The molecular formula is C10H14N4O3. The summed E-state index contributed by atoms with van der Waals surface area (Å²) < 4.78 is 0. The number of likely N-dealkylation sites (N-methyl/N-ethyl adjacent to an activating group) is 2. The zero-order chi connectivity index (χ0) is 12.8. The van der Waals surface area contributed by atoms with Gasteiger partial charge in [-0.3, -0.25) is 4.79 Å². The van der Waals surface area contributed by atoms with Crippen molar-refractivity contribution in [3.8, 4) is 0 Å². The van der Waals surface area contributed by atoms with Crippen LogP contribution in [0.5, 0.6) is 0 Å². The first-order chi connectivity index (χ1) is 8.08. The van der Waals surface area contributed by atoms with E-state index in [1.54, 1.807) is 11.9 Å². The van der Waals surface area contributed by atoms with Gasteiger partial charge in [-0.25, -0.2) is 4.79 Å².